The molecule has 162 valence electrons. The van der Waals surface area contributed by atoms with Gasteiger partial charge in [0.15, 0.2) is 0 Å². The second-order valence-electron chi connectivity index (χ2n) is 7.62. The summed E-state index contributed by atoms with van der Waals surface area (Å²) in [4.78, 5) is 44.8. The number of pyridine rings is 1. The summed E-state index contributed by atoms with van der Waals surface area (Å²) in [6.07, 6.45) is 1.21. The van der Waals surface area contributed by atoms with E-state index in [4.69, 9.17) is 4.74 Å². The minimum Gasteiger partial charge on any atom is -0.370 e. The van der Waals surface area contributed by atoms with Crippen LogP contribution in [0.15, 0.2) is 35.3 Å². The molecule has 10 heteroatoms. The van der Waals surface area contributed by atoms with Crippen LogP contribution in [0, 0.1) is 0 Å². The van der Waals surface area contributed by atoms with Crippen LogP contribution in [0.2, 0.25) is 0 Å². The summed E-state index contributed by atoms with van der Waals surface area (Å²) in [5.41, 5.74) is 0.656. The van der Waals surface area contributed by atoms with Gasteiger partial charge in [0.05, 0.1) is 13.2 Å². The summed E-state index contributed by atoms with van der Waals surface area (Å²) in [5, 5.41) is 7.85. The normalized spacial score (nSPS) is 16.6. The molecule has 1 aliphatic rings. The standard InChI is InChI=1S/C21H23N5O4S/c1-12(2)23-19(28)18-17(13-5-4-8-22-20(13)31-18)15-11-26(9-10-30-15)21(29)14-6-7-16(27)25(3)24-14/h4-8,12,15H,9-11H2,1-3H3,(H,23,28). The molecule has 4 rings (SSSR count). The number of carbonyl (C=O) groups is 2. The van der Waals surface area contributed by atoms with Gasteiger partial charge in [0.1, 0.15) is 21.5 Å². The van der Waals surface area contributed by atoms with Crippen LogP contribution in [-0.4, -0.2) is 57.2 Å². The molecule has 9 nitrogen and oxygen atoms in total. The van der Waals surface area contributed by atoms with Gasteiger partial charge >= 0.3 is 0 Å². The van der Waals surface area contributed by atoms with Crippen molar-refractivity contribution in [1.29, 1.82) is 0 Å². The Kier molecular flexibility index (Phi) is 5.84. The third-order valence-corrected chi connectivity index (χ3v) is 6.11. The molecule has 1 saturated heterocycles. The number of hydrogen-bond acceptors (Lipinski definition) is 7. The van der Waals surface area contributed by atoms with Crippen molar-refractivity contribution in [3.63, 3.8) is 0 Å². The number of nitrogens with one attached hydrogen (secondary N) is 1. The number of aryl methyl sites for hydroxylation is 1. The first-order chi connectivity index (χ1) is 14.8. The zero-order chi connectivity index (χ0) is 22.1. The molecule has 1 fully saturated rings. The van der Waals surface area contributed by atoms with Crippen LogP contribution in [0.4, 0.5) is 0 Å². The molecule has 1 N–H and O–H groups in total. The molecular formula is C21H23N5O4S. The van der Waals surface area contributed by atoms with Crippen molar-refractivity contribution in [3.05, 3.63) is 57.0 Å². The van der Waals surface area contributed by atoms with E-state index in [-0.39, 0.29) is 35.7 Å². The third kappa shape index (κ3) is 4.21. The fourth-order valence-electron chi connectivity index (χ4n) is 3.55. The molecule has 31 heavy (non-hydrogen) atoms. The van der Waals surface area contributed by atoms with E-state index in [1.165, 1.54) is 30.5 Å². The minimum absolute atomic E-state index is 0.0142. The average Bonchev–Trinajstić information content (AvgIpc) is 3.14. The molecule has 3 aromatic heterocycles. The van der Waals surface area contributed by atoms with Gasteiger partial charge in [-0.05, 0) is 26.0 Å². The number of hydrogen-bond donors (Lipinski definition) is 1. The van der Waals surface area contributed by atoms with Gasteiger partial charge in [-0.15, -0.1) is 11.3 Å². The fourth-order valence-corrected chi connectivity index (χ4v) is 4.65. The number of carbonyl (C=O) groups excluding carboxylic acids is 2. The Labute approximate surface area is 182 Å². The van der Waals surface area contributed by atoms with Gasteiger partial charge in [0.25, 0.3) is 17.4 Å². The van der Waals surface area contributed by atoms with E-state index >= 15 is 0 Å². The zero-order valence-electron chi connectivity index (χ0n) is 17.5. The number of amides is 2. The Morgan fingerprint density at radius 3 is 2.84 bits per heavy atom. The molecule has 0 radical (unpaired) electrons. The summed E-state index contributed by atoms with van der Waals surface area (Å²) >= 11 is 1.32. The number of thiophene rings is 1. The summed E-state index contributed by atoms with van der Waals surface area (Å²) in [6, 6.07) is 6.48. The molecule has 2 amide bonds. The molecule has 0 aromatic carbocycles. The predicted octanol–water partition coefficient (Wildman–Crippen LogP) is 1.74. The van der Waals surface area contributed by atoms with Crippen LogP contribution in [-0.2, 0) is 11.8 Å². The Hall–Kier alpha value is -3.11. The lowest BCUT2D eigenvalue weighted by molar-refractivity contribution is -0.0225. The van der Waals surface area contributed by atoms with E-state index in [1.54, 1.807) is 11.1 Å². The molecule has 1 aliphatic heterocycles. The number of nitrogens with zero attached hydrogens (tertiary/aromatic N) is 4. The molecule has 1 atom stereocenters. The highest BCUT2D eigenvalue weighted by Gasteiger charge is 2.32. The lowest BCUT2D eigenvalue weighted by atomic mass is 10.0. The topological polar surface area (TPSA) is 106 Å². The van der Waals surface area contributed by atoms with Crippen molar-refractivity contribution in [1.82, 2.24) is 25.0 Å². The maximum atomic E-state index is 13.0. The van der Waals surface area contributed by atoms with Gasteiger partial charge in [0, 0.05) is 42.8 Å². The van der Waals surface area contributed by atoms with E-state index in [9.17, 15) is 14.4 Å². The number of ether oxygens (including phenoxy) is 1. The van der Waals surface area contributed by atoms with E-state index in [2.05, 4.69) is 15.4 Å². The number of rotatable bonds is 4. The average molecular weight is 442 g/mol. The van der Waals surface area contributed by atoms with Crippen molar-refractivity contribution >= 4 is 33.4 Å². The lowest BCUT2D eigenvalue weighted by Gasteiger charge is -2.33. The van der Waals surface area contributed by atoms with Gasteiger partial charge in [-0.25, -0.2) is 9.67 Å². The van der Waals surface area contributed by atoms with Crippen molar-refractivity contribution < 1.29 is 14.3 Å². The van der Waals surface area contributed by atoms with E-state index in [0.717, 1.165) is 20.5 Å². The molecular weight excluding hydrogens is 418 g/mol. The van der Waals surface area contributed by atoms with Crippen molar-refractivity contribution in [3.8, 4) is 0 Å². The second-order valence-corrected chi connectivity index (χ2v) is 8.62. The SMILES string of the molecule is CC(C)NC(=O)c1sc2ncccc2c1C1CN(C(=O)c2ccc(=O)n(C)n2)CCO1. The highest BCUT2D eigenvalue weighted by Crippen LogP contribution is 2.37. The quantitative estimate of drug-likeness (QED) is 0.661. The Bertz CT molecular complexity index is 1200. The van der Waals surface area contributed by atoms with Crippen LogP contribution >= 0.6 is 11.3 Å². The van der Waals surface area contributed by atoms with Crippen molar-refractivity contribution in [2.24, 2.45) is 7.05 Å². The molecule has 1 unspecified atom stereocenters. The van der Waals surface area contributed by atoms with Crippen LogP contribution in [0.5, 0.6) is 0 Å². The first kappa shape index (κ1) is 21.1. The highest BCUT2D eigenvalue weighted by molar-refractivity contribution is 7.20. The number of morpholine rings is 1. The summed E-state index contributed by atoms with van der Waals surface area (Å²) < 4.78 is 7.15. The molecule has 0 spiro atoms. The van der Waals surface area contributed by atoms with Crippen LogP contribution in [0.1, 0.15) is 45.7 Å². The summed E-state index contributed by atoms with van der Waals surface area (Å²) in [6.45, 7) is 4.80. The van der Waals surface area contributed by atoms with E-state index in [0.29, 0.717) is 18.0 Å². The van der Waals surface area contributed by atoms with Crippen molar-refractivity contribution in [2.45, 2.75) is 26.0 Å². The van der Waals surface area contributed by atoms with Gasteiger partial charge < -0.3 is 15.0 Å². The lowest BCUT2D eigenvalue weighted by Crippen LogP contribution is -2.43. The maximum Gasteiger partial charge on any atom is 0.274 e. The summed E-state index contributed by atoms with van der Waals surface area (Å²) in [7, 11) is 1.51. The molecule has 0 aliphatic carbocycles. The van der Waals surface area contributed by atoms with Gasteiger partial charge in [0.2, 0.25) is 0 Å². The minimum atomic E-state index is -0.476. The highest BCUT2D eigenvalue weighted by atomic mass is 32.1. The van der Waals surface area contributed by atoms with Gasteiger partial charge in [-0.1, -0.05) is 6.07 Å². The fraction of sp³-hybridized carbons (Fsp3) is 0.381. The number of fused-ring (bicyclic) bond motifs is 1. The first-order valence-electron chi connectivity index (χ1n) is 9.98. The van der Waals surface area contributed by atoms with E-state index < -0.39 is 6.10 Å². The molecule has 0 bridgehead atoms. The largest absolute Gasteiger partial charge is 0.370 e. The molecule has 4 heterocycles. The summed E-state index contributed by atoms with van der Waals surface area (Å²) in [5.74, 6) is -0.463. The van der Waals surface area contributed by atoms with Crippen molar-refractivity contribution in [2.75, 3.05) is 19.7 Å². The van der Waals surface area contributed by atoms with Gasteiger partial charge in [-0.3, -0.25) is 14.4 Å². The first-order valence-corrected chi connectivity index (χ1v) is 10.8. The maximum absolute atomic E-state index is 13.0. The third-order valence-electron chi connectivity index (χ3n) is 4.99. The predicted molar refractivity (Wildman–Crippen MR) is 116 cm³/mol. The van der Waals surface area contributed by atoms with Crippen LogP contribution < -0.4 is 10.9 Å². The Morgan fingerprint density at radius 1 is 1.29 bits per heavy atom. The number of aromatic nitrogens is 3. The monoisotopic (exact) mass is 441 g/mol. The molecule has 0 saturated carbocycles. The molecule has 3 aromatic rings. The second kappa shape index (κ2) is 8.56. The van der Waals surface area contributed by atoms with Crippen LogP contribution in [0.25, 0.3) is 10.2 Å². The van der Waals surface area contributed by atoms with E-state index in [1.807, 2.05) is 26.0 Å². The van der Waals surface area contributed by atoms with Gasteiger partial charge in [-0.2, -0.15) is 5.10 Å². The Balaban J connectivity index is 1.67. The Morgan fingerprint density at radius 2 is 2.10 bits per heavy atom. The van der Waals surface area contributed by atoms with Crippen LogP contribution in [0.3, 0.4) is 0 Å². The zero-order valence-corrected chi connectivity index (χ0v) is 18.3. The smallest absolute Gasteiger partial charge is 0.274 e.